The van der Waals surface area contributed by atoms with Crippen LogP contribution in [-0.2, 0) is 21.4 Å². The second-order valence-electron chi connectivity index (χ2n) is 6.67. The third-order valence-electron chi connectivity index (χ3n) is 4.65. The molecule has 0 saturated heterocycles. The van der Waals surface area contributed by atoms with Gasteiger partial charge < -0.3 is 14.8 Å². The number of esters is 1. The molecule has 0 spiro atoms. The highest BCUT2D eigenvalue weighted by atomic mass is 32.2. The van der Waals surface area contributed by atoms with Crippen LogP contribution < -0.4 is 10.1 Å². The Morgan fingerprint density at radius 1 is 1.12 bits per heavy atom. The lowest BCUT2D eigenvalue weighted by Crippen LogP contribution is -2.31. The second kappa shape index (κ2) is 10.6. The van der Waals surface area contributed by atoms with E-state index in [9.17, 15) is 13.2 Å². The number of para-hydroxylation sites is 1. The van der Waals surface area contributed by atoms with Crippen LogP contribution in [0, 0.1) is 0 Å². The molecule has 32 heavy (non-hydrogen) atoms. The van der Waals surface area contributed by atoms with E-state index in [0.29, 0.717) is 23.9 Å². The number of methoxy groups -OCH3 is 1. The largest absolute Gasteiger partial charge is 0.495 e. The lowest BCUT2D eigenvalue weighted by Gasteiger charge is -2.20. The third kappa shape index (κ3) is 5.45. The average molecular weight is 476 g/mol. The van der Waals surface area contributed by atoms with Gasteiger partial charge in [0.05, 0.1) is 18.4 Å². The van der Waals surface area contributed by atoms with Crippen LogP contribution in [-0.4, -0.2) is 43.9 Å². The van der Waals surface area contributed by atoms with Crippen molar-refractivity contribution in [2.75, 3.05) is 25.5 Å². The topological polar surface area (TPSA) is 97.8 Å². The van der Waals surface area contributed by atoms with Gasteiger partial charge in [0.15, 0.2) is 5.13 Å². The van der Waals surface area contributed by atoms with Crippen molar-refractivity contribution in [2.45, 2.75) is 25.3 Å². The molecule has 0 aliphatic carbocycles. The van der Waals surface area contributed by atoms with Crippen LogP contribution in [0.4, 0.5) is 10.8 Å². The Hall–Kier alpha value is -2.95. The molecular weight excluding hydrogens is 450 g/mol. The highest BCUT2D eigenvalue weighted by Gasteiger charge is 2.27. The number of ether oxygens (including phenoxy) is 2. The number of carbonyl (C=O) groups is 1. The van der Waals surface area contributed by atoms with Gasteiger partial charge in [-0.3, -0.25) is 0 Å². The first-order valence-electron chi connectivity index (χ1n) is 10.0. The molecule has 170 valence electrons. The zero-order valence-electron chi connectivity index (χ0n) is 18.1. The molecule has 1 aromatic heterocycles. The first kappa shape index (κ1) is 23.7. The molecule has 0 aliphatic heterocycles. The summed E-state index contributed by atoms with van der Waals surface area (Å²) in [6.45, 7) is 4.08. The summed E-state index contributed by atoms with van der Waals surface area (Å²) in [5.74, 6) is -0.473. The van der Waals surface area contributed by atoms with Gasteiger partial charge in [-0.1, -0.05) is 32.0 Å². The quantitative estimate of drug-likeness (QED) is 0.437. The van der Waals surface area contributed by atoms with Gasteiger partial charge in [-0.05, 0) is 30.3 Å². The lowest BCUT2D eigenvalue weighted by atomic mass is 10.2. The summed E-state index contributed by atoms with van der Waals surface area (Å²) in [7, 11) is -2.43. The predicted octanol–water partition coefficient (Wildman–Crippen LogP) is 4.28. The van der Waals surface area contributed by atoms with E-state index in [2.05, 4.69) is 10.3 Å². The number of sulfonamides is 1. The minimum atomic E-state index is -3.81. The Kier molecular flexibility index (Phi) is 7.84. The van der Waals surface area contributed by atoms with E-state index in [1.54, 1.807) is 19.2 Å². The van der Waals surface area contributed by atoms with Gasteiger partial charge in [0.2, 0.25) is 10.0 Å². The predicted molar refractivity (Wildman–Crippen MR) is 124 cm³/mol. The van der Waals surface area contributed by atoms with E-state index < -0.39 is 16.0 Å². The maximum Gasteiger partial charge on any atom is 0.338 e. The number of carbonyl (C=O) groups excluding carboxylic acids is 1. The molecule has 0 atom stereocenters. The molecule has 0 fully saturated rings. The smallest absolute Gasteiger partial charge is 0.338 e. The highest BCUT2D eigenvalue weighted by molar-refractivity contribution is 7.89. The number of benzene rings is 2. The first-order chi connectivity index (χ1) is 15.4. The molecule has 0 saturated carbocycles. The van der Waals surface area contributed by atoms with Crippen molar-refractivity contribution >= 4 is 38.1 Å². The number of nitrogens with one attached hydrogen (secondary N) is 1. The maximum absolute atomic E-state index is 13.0. The van der Waals surface area contributed by atoms with Crippen molar-refractivity contribution in [1.29, 1.82) is 0 Å². The van der Waals surface area contributed by atoms with E-state index in [0.717, 1.165) is 5.69 Å². The number of thiazole rings is 1. The molecule has 8 nitrogen and oxygen atoms in total. The Bertz CT molecular complexity index is 1160. The summed E-state index contributed by atoms with van der Waals surface area (Å²) < 4.78 is 37.8. The van der Waals surface area contributed by atoms with E-state index in [4.69, 9.17) is 9.47 Å². The molecule has 0 bridgehead atoms. The van der Waals surface area contributed by atoms with Gasteiger partial charge in [0.1, 0.15) is 17.3 Å². The molecule has 0 amide bonds. The normalized spacial score (nSPS) is 11.4. The number of rotatable bonds is 10. The van der Waals surface area contributed by atoms with Crippen LogP contribution in [0.2, 0.25) is 0 Å². The minimum absolute atomic E-state index is 0.0318. The van der Waals surface area contributed by atoms with Crippen molar-refractivity contribution in [1.82, 2.24) is 9.29 Å². The van der Waals surface area contributed by atoms with Crippen LogP contribution in [0.3, 0.4) is 0 Å². The summed E-state index contributed by atoms with van der Waals surface area (Å²) in [6, 6.07) is 13.8. The number of aromatic nitrogens is 1. The Morgan fingerprint density at radius 2 is 1.84 bits per heavy atom. The monoisotopic (exact) mass is 475 g/mol. The second-order valence-corrected chi connectivity index (χ2v) is 9.43. The Morgan fingerprint density at radius 3 is 2.50 bits per heavy atom. The van der Waals surface area contributed by atoms with Crippen molar-refractivity contribution in [3.63, 3.8) is 0 Å². The molecule has 2 aromatic carbocycles. The molecule has 0 unspecified atom stereocenters. The van der Waals surface area contributed by atoms with Gasteiger partial charge in [0.25, 0.3) is 0 Å². The van der Waals surface area contributed by atoms with Crippen LogP contribution in [0.5, 0.6) is 5.75 Å². The van der Waals surface area contributed by atoms with E-state index in [1.165, 1.54) is 41.0 Å². The fourth-order valence-electron chi connectivity index (χ4n) is 3.01. The zero-order valence-corrected chi connectivity index (χ0v) is 19.7. The van der Waals surface area contributed by atoms with Crippen molar-refractivity contribution in [3.05, 3.63) is 65.2 Å². The summed E-state index contributed by atoms with van der Waals surface area (Å²) in [5.41, 5.74) is 1.62. The average Bonchev–Trinajstić information content (AvgIpc) is 3.25. The lowest BCUT2D eigenvalue weighted by molar-refractivity contribution is 0.0468. The fourth-order valence-corrected chi connectivity index (χ4v) is 5.36. The third-order valence-corrected chi connectivity index (χ3v) is 7.53. The molecular formula is C22H25N3O5S2. The number of nitrogens with zero attached hydrogens (tertiary/aromatic N) is 2. The van der Waals surface area contributed by atoms with Gasteiger partial charge in [-0.15, -0.1) is 11.3 Å². The van der Waals surface area contributed by atoms with Gasteiger partial charge >= 0.3 is 5.97 Å². The van der Waals surface area contributed by atoms with Crippen molar-refractivity contribution in [2.24, 2.45) is 0 Å². The standard InChI is InChI=1S/C22H25N3O5S2/c1-4-25(5-2)32(27,28)20-13-16(11-12-19(20)29-3)21(26)30-14-18-15-31-22(24-18)23-17-9-7-6-8-10-17/h6-13,15H,4-5,14H2,1-3H3,(H,23,24). The SMILES string of the molecule is CCN(CC)S(=O)(=O)c1cc(C(=O)OCc2csc(Nc3ccccc3)n2)ccc1OC. The summed E-state index contributed by atoms with van der Waals surface area (Å²) >= 11 is 1.40. The summed E-state index contributed by atoms with van der Waals surface area (Å²) in [5, 5.41) is 5.66. The van der Waals surface area contributed by atoms with Crippen molar-refractivity contribution in [3.8, 4) is 5.75 Å². The summed E-state index contributed by atoms with van der Waals surface area (Å²) in [6.07, 6.45) is 0. The molecule has 10 heteroatoms. The molecule has 3 rings (SSSR count). The van der Waals surface area contributed by atoms with Gasteiger partial charge in [-0.25, -0.2) is 18.2 Å². The number of hydrogen-bond acceptors (Lipinski definition) is 8. The molecule has 1 N–H and O–H groups in total. The zero-order chi connectivity index (χ0) is 23.1. The van der Waals surface area contributed by atoms with Crippen molar-refractivity contribution < 1.29 is 22.7 Å². The fraction of sp³-hybridized carbons (Fsp3) is 0.273. The molecule has 1 heterocycles. The van der Waals surface area contributed by atoms with E-state index >= 15 is 0 Å². The van der Waals surface area contributed by atoms with Gasteiger partial charge in [-0.2, -0.15) is 4.31 Å². The maximum atomic E-state index is 13.0. The van der Waals surface area contributed by atoms with Crippen LogP contribution >= 0.6 is 11.3 Å². The molecule has 3 aromatic rings. The number of anilines is 2. The highest BCUT2D eigenvalue weighted by Crippen LogP contribution is 2.28. The van der Waals surface area contributed by atoms with Gasteiger partial charge in [0, 0.05) is 24.2 Å². The first-order valence-corrected chi connectivity index (χ1v) is 12.3. The van der Waals surface area contributed by atoms with E-state index in [1.807, 2.05) is 30.3 Å². The van der Waals surface area contributed by atoms with Crippen LogP contribution in [0.15, 0.2) is 58.8 Å². The van der Waals surface area contributed by atoms with Crippen LogP contribution in [0.1, 0.15) is 29.9 Å². The Labute approximate surface area is 191 Å². The van der Waals surface area contributed by atoms with E-state index in [-0.39, 0.29) is 22.8 Å². The molecule has 0 aliphatic rings. The summed E-state index contributed by atoms with van der Waals surface area (Å²) in [4.78, 5) is 16.9. The Balaban J connectivity index is 1.72. The van der Waals surface area contributed by atoms with Crippen LogP contribution in [0.25, 0.3) is 0 Å². The molecule has 0 radical (unpaired) electrons. The minimum Gasteiger partial charge on any atom is -0.495 e. The number of hydrogen-bond donors (Lipinski definition) is 1.